The Morgan fingerprint density at radius 1 is 1.04 bits per heavy atom. The molecule has 1 aliphatic rings. The van der Waals surface area contributed by atoms with Crippen LogP contribution in [-0.4, -0.2) is 19.7 Å². The molecular weight excluding hydrogens is 347 g/mol. The summed E-state index contributed by atoms with van der Waals surface area (Å²) >= 11 is 0. The zero-order valence-electron chi connectivity index (χ0n) is 14.2. The van der Waals surface area contributed by atoms with Crippen molar-refractivity contribution in [2.75, 3.05) is 0 Å². The highest BCUT2D eigenvalue weighted by atomic mass is 19.1. The molecule has 0 radical (unpaired) electrons. The van der Waals surface area contributed by atoms with Crippen LogP contribution in [0.25, 0.3) is 23.0 Å². The summed E-state index contributed by atoms with van der Waals surface area (Å²) in [6, 6.07) is 16.0. The number of benzene rings is 2. The lowest BCUT2D eigenvalue weighted by Gasteiger charge is -2.25. The van der Waals surface area contributed by atoms with E-state index in [0.29, 0.717) is 30.6 Å². The molecule has 1 aliphatic heterocycles. The quantitative estimate of drug-likeness (QED) is 0.551. The van der Waals surface area contributed by atoms with Crippen molar-refractivity contribution in [1.29, 1.82) is 0 Å². The average molecular weight is 362 g/mol. The van der Waals surface area contributed by atoms with Gasteiger partial charge in [0.1, 0.15) is 11.9 Å². The molecule has 0 amide bonds. The van der Waals surface area contributed by atoms with Gasteiger partial charge in [0.25, 0.3) is 5.89 Å². The van der Waals surface area contributed by atoms with Gasteiger partial charge in [-0.1, -0.05) is 47.6 Å². The summed E-state index contributed by atoms with van der Waals surface area (Å²) in [7, 11) is 0. The molecular formula is C20H15FN4O2. The van der Waals surface area contributed by atoms with Crippen LogP contribution in [0, 0.1) is 5.82 Å². The Morgan fingerprint density at radius 3 is 2.67 bits per heavy atom. The Balaban J connectivity index is 1.42. The highest BCUT2D eigenvalue weighted by Gasteiger charge is 2.26. The predicted octanol–water partition coefficient (Wildman–Crippen LogP) is 4.01. The molecule has 0 saturated heterocycles. The third-order valence-electron chi connectivity index (χ3n) is 4.63. The summed E-state index contributed by atoms with van der Waals surface area (Å²) in [6.45, 7) is 0.952. The van der Waals surface area contributed by atoms with Crippen molar-refractivity contribution in [3.05, 3.63) is 78.0 Å². The van der Waals surface area contributed by atoms with Crippen LogP contribution in [-0.2, 0) is 17.9 Å². The lowest BCUT2D eigenvalue weighted by Crippen LogP contribution is -2.20. The van der Waals surface area contributed by atoms with E-state index in [1.807, 2.05) is 34.9 Å². The minimum Gasteiger partial charge on any atom is -0.365 e. The number of halogens is 1. The number of fused-ring (bicyclic) bond motifs is 1. The minimum absolute atomic E-state index is 0.150. The molecule has 6 nitrogen and oxygen atoms in total. The highest BCUT2D eigenvalue weighted by molar-refractivity contribution is 5.58. The first-order chi connectivity index (χ1) is 13.3. The van der Waals surface area contributed by atoms with Crippen molar-refractivity contribution < 1.29 is 13.7 Å². The van der Waals surface area contributed by atoms with Gasteiger partial charge >= 0.3 is 0 Å². The molecule has 0 unspecified atom stereocenters. The lowest BCUT2D eigenvalue weighted by atomic mass is 10.1. The number of ether oxygens (including phenoxy) is 1. The Morgan fingerprint density at radius 2 is 1.85 bits per heavy atom. The Bertz CT molecular complexity index is 1070. The second-order valence-corrected chi connectivity index (χ2v) is 6.33. The second-order valence-electron chi connectivity index (χ2n) is 6.33. The standard InChI is InChI=1S/C20H15FN4O2/c21-15-8-6-13(7-9-15)17-10-25-12-22-18(16(25)11-26-17)20-23-19(24-27-20)14-4-2-1-3-5-14/h1-9,12,17H,10-11H2/t17-/m1/s1. The fraction of sp³-hybridized carbons (Fsp3) is 0.150. The van der Waals surface area contributed by atoms with Gasteiger partial charge in [0.05, 0.1) is 25.2 Å². The van der Waals surface area contributed by atoms with Crippen LogP contribution in [0.3, 0.4) is 0 Å². The van der Waals surface area contributed by atoms with Gasteiger partial charge in [-0.25, -0.2) is 9.37 Å². The van der Waals surface area contributed by atoms with E-state index < -0.39 is 0 Å². The van der Waals surface area contributed by atoms with Crippen LogP contribution in [0.1, 0.15) is 17.4 Å². The molecule has 1 atom stereocenters. The zero-order valence-corrected chi connectivity index (χ0v) is 14.2. The maximum atomic E-state index is 13.1. The summed E-state index contributed by atoms with van der Waals surface area (Å²) in [5.74, 6) is 0.630. The van der Waals surface area contributed by atoms with Gasteiger partial charge in [0.15, 0.2) is 5.69 Å². The molecule has 4 aromatic rings. The van der Waals surface area contributed by atoms with Gasteiger partial charge in [-0.2, -0.15) is 4.98 Å². The fourth-order valence-corrected chi connectivity index (χ4v) is 3.21. The smallest absolute Gasteiger partial charge is 0.278 e. The van der Waals surface area contributed by atoms with Crippen molar-refractivity contribution in [3.8, 4) is 23.0 Å². The number of imidazole rings is 1. The molecule has 134 valence electrons. The third-order valence-corrected chi connectivity index (χ3v) is 4.63. The SMILES string of the molecule is Fc1ccc([C@H]2Cn3cnc(-c4nc(-c5ccccc5)no4)c3CO2)cc1. The second kappa shape index (κ2) is 6.44. The normalized spacial score (nSPS) is 16.3. The van der Waals surface area contributed by atoms with Crippen LogP contribution in [0.15, 0.2) is 65.4 Å². The van der Waals surface area contributed by atoms with E-state index in [2.05, 4.69) is 15.1 Å². The van der Waals surface area contributed by atoms with E-state index in [1.165, 1.54) is 12.1 Å². The van der Waals surface area contributed by atoms with Gasteiger partial charge in [-0.15, -0.1) is 0 Å². The average Bonchev–Trinajstić information content (AvgIpc) is 3.36. The Kier molecular flexibility index (Phi) is 3.79. The van der Waals surface area contributed by atoms with E-state index in [4.69, 9.17) is 9.26 Å². The maximum absolute atomic E-state index is 13.1. The van der Waals surface area contributed by atoms with Crippen LogP contribution in [0.5, 0.6) is 0 Å². The molecule has 3 heterocycles. The predicted molar refractivity (Wildman–Crippen MR) is 94.9 cm³/mol. The van der Waals surface area contributed by atoms with E-state index in [-0.39, 0.29) is 11.9 Å². The maximum Gasteiger partial charge on any atom is 0.278 e. The molecule has 7 heteroatoms. The van der Waals surface area contributed by atoms with Crippen molar-refractivity contribution in [3.63, 3.8) is 0 Å². The monoisotopic (exact) mass is 362 g/mol. The summed E-state index contributed by atoms with van der Waals surface area (Å²) in [5, 5.41) is 4.05. The summed E-state index contributed by atoms with van der Waals surface area (Å²) < 4.78 is 26.5. The summed E-state index contributed by atoms with van der Waals surface area (Å²) in [6.07, 6.45) is 1.60. The van der Waals surface area contributed by atoms with Crippen molar-refractivity contribution in [1.82, 2.24) is 19.7 Å². The topological polar surface area (TPSA) is 66.0 Å². The van der Waals surface area contributed by atoms with E-state index in [0.717, 1.165) is 16.8 Å². The van der Waals surface area contributed by atoms with Gasteiger partial charge in [0.2, 0.25) is 5.82 Å². The summed E-state index contributed by atoms with van der Waals surface area (Å²) in [4.78, 5) is 8.91. The van der Waals surface area contributed by atoms with Crippen LogP contribution in [0.4, 0.5) is 4.39 Å². The molecule has 0 aliphatic carbocycles. The molecule has 0 spiro atoms. The molecule has 2 aromatic heterocycles. The molecule has 2 aromatic carbocycles. The van der Waals surface area contributed by atoms with Gasteiger partial charge in [0, 0.05) is 5.56 Å². The largest absolute Gasteiger partial charge is 0.365 e. The van der Waals surface area contributed by atoms with Crippen LogP contribution >= 0.6 is 0 Å². The first-order valence-corrected chi connectivity index (χ1v) is 8.58. The lowest BCUT2D eigenvalue weighted by molar-refractivity contribution is 0.00327. The fourth-order valence-electron chi connectivity index (χ4n) is 3.21. The van der Waals surface area contributed by atoms with E-state index in [9.17, 15) is 4.39 Å². The Hall–Kier alpha value is -3.32. The first kappa shape index (κ1) is 15.9. The zero-order chi connectivity index (χ0) is 18.2. The van der Waals surface area contributed by atoms with Crippen LogP contribution in [0.2, 0.25) is 0 Å². The number of hydrogen-bond donors (Lipinski definition) is 0. The number of rotatable bonds is 3. The molecule has 27 heavy (non-hydrogen) atoms. The van der Waals surface area contributed by atoms with E-state index in [1.54, 1.807) is 18.5 Å². The number of aromatic nitrogens is 4. The van der Waals surface area contributed by atoms with Crippen molar-refractivity contribution in [2.24, 2.45) is 0 Å². The van der Waals surface area contributed by atoms with Crippen molar-refractivity contribution in [2.45, 2.75) is 19.3 Å². The van der Waals surface area contributed by atoms with E-state index >= 15 is 0 Å². The Labute approximate surface area is 154 Å². The van der Waals surface area contributed by atoms with Gasteiger partial charge in [-0.3, -0.25) is 0 Å². The molecule has 0 bridgehead atoms. The van der Waals surface area contributed by atoms with Crippen LogP contribution < -0.4 is 0 Å². The number of nitrogens with zero attached hydrogens (tertiary/aromatic N) is 4. The summed E-state index contributed by atoms with van der Waals surface area (Å²) in [5.41, 5.74) is 3.33. The molecule has 5 rings (SSSR count). The molecule has 0 fully saturated rings. The molecule has 0 saturated carbocycles. The van der Waals surface area contributed by atoms with Gasteiger partial charge in [-0.05, 0) is 17.7 Å². The molecule has 0 N–H and O–H groups in total. The number of hydrogen-bond acceptors (Lipinski definition) is 5. The first-order valence-electron chi connectivity index (χ1n) is 8.58. The van der Waals surface area contributed by atoms with Gasteiger partial charge < -0.3 is 13.8 Å². The minimum atomic E-state index is -0.259. The third kappa shape index (κ3) is 2.92. The highest BCUT2D eigenvalue weighted by Crippen LogP contribution is 2.31. The van der Waals surface area contributed by atoms with Crippen molar-refractivity contribution >= 4 is 0 Å².